The van der Waals surface area contributed by atoms with Crippen LogP contribution in [0, 0.1) is 0 Å². The van der Waals surface area contributed by atoms with Gasteiger partial charge in [-0.15, -0.1) is 0 Å². The number of fused-ring (bicyclic) bond motifs is 1. The molecule has 26 heavy (non-hydrogen) atoms. The molecule has 0 bridgehead atoms. The first-order valence-electron chi connectivity index (χ1n) is 7.73. The Bertz CT molecular complexity index is 1050. The van der Waals surface area contributed by atoms with E-state index >= 15 is 0 Å². The van der Waals surface area contributed by atoms with E-state index in [1.807, 2.05) is 0 Å². The van der Waals surface area contributed by atoms with Gasteiger partial charge in [0.1, 0.15) is 0 Å². The zero-order valence-electron chi connectivity index (χ0n) is 13.9. The number of Topliss-reactive ketones (excluding diaryl/α,β-unsaturated/α-hetero) is 1. The fraction of sp³-hybridized carbons (Fsp3) is 0.0526. The average molecular weight is 368 g/mol. The quantitative estimate of drug-likeness (QED) is 0.847. The Kier molecular flexibility index (Phi) is 4.48. The largest absolute Gasteiger partial charge is 0.352 e. The van der Waals surface area contributed by atoms with Gasteiger partial charge in [0.25, 0.3) is 10.0 Å². The van der Waals surface area contributed by atoms with E-state index in [2.05, 4.69) is 16.6 Å². The number of ketones is 2. The number of carbonyl (C=O) groups excluding carboxylic acids is 2. The standard InChI is InChI=1S/C19H16N2O4S/c1-12(2)21-26(24,25)14-9-7-13(8-10-14)20-17-11-18(22)15-5-3-4-6-16(15)19(17)23/h3-11,20-21H,1H2,2H3. The van der Waals surface area contributed by atoms with Gasteiger partial charge in [-0.05, 0) is 31.2 Å². The summed E-state index contributed by atoms with van der Waals surface area (Å²) in [4.78, 5) is 24.7. The second kappa shape index (κ2) is 6.61. The summed E-state index contributed by atoms with van der Waals surface area (Å²) in [5.41, 5.74) is 1.65. The molecular formula is C19H16N2O4S. The Hall–Kier alpha value is -3.19. The Morgan fingerprint density at radius 3 is 2.19 bits per heavy atom. The van der Waals surface area contributed by atoms with Gasteiger partial charge in [0.2, 0.25) is 5.78 Å². The van der Waals surface area contributed by atoms with E-state index in [0.29, 0.717) is 22.5 Å². The highest BCUT2D eigenvalue weighted by Gasteiger charge is 2.25. The fourth-order valence-electron chi connectivity index (χ4n) is 2.57. The SMILES string of the molecule is C=C(C)NS(=O)(=O)c1ccc(NC2=CC(=O)c3ccccc3C2=O)cc1. The number of allylic oxidation sites excluding steroid dienone is 3. The number of anilines is 1. The molecule has 0 amide bonds. The second-order valence-electron chi connectivity index (χ2n) is 5.83. The van der Waals surface area contributed by atoms with Crippen molar-refractivity contribution in [3.63, 3.8) is 0 Å². The predicted octanol–water partition coefficient (Wildman–Crippen LogP) is 2.87. The lowest BCUT2D eigenvalue weighted by molar-refractivity contribution is 0.0985. The molecule has 132 valence electrons. The number of rotatable bonds is 5. The summed E-state index contributed by atoms with van der Waals surface area (Å²) in [5, 5.41) is 2.88. The number of hydrogen-bond donors (Lipinski definition) is 2. The fourth-order valence-corrected chi connectivity index (χ4v) is 3.64. The monoisotopic (exact) mass is 368 g/mol. The van der Waals surface area contributed by atoms with Gasteiger partial charge in [-0.3, -0.25) is 14.3 Å². The van der Waals surface area contributed by atoms with Gasteiger partial charge in [0, 0.05) is 28.6 Å². The van der Waals surface area contributed by atoms with Crippen molar-refractivity contribution in [2.24, 2.45) is 0 Å². The Morgan fingerprint density at radius 1 is 0.962 bits per heavy atom. The topological polar surface area (TPSA) is 92.3 Å². The summed E-state index contributed by atoms with van der Waals surface area (Å²) < 4.78 is 26.5. The molecule has 2 aromatic carbocycles. The van der Waals surface area contributed by atoms with Crippen LogP contribution in [0.4, 0.5) is 5.69 Å². The lowest BCUT2D eigenvalue weighted by atomic mass is 9.92. The normalized spacial score (nSPS) is 13.7. The average Bonchev–Trinajstić information content (AvgIpc) is 2.59. The summed E-state index contributed by atoms with van der Waals surface area (Å²) in [5.74, 6) is -0.548. The van der Waals surface area contributed by atoms with Gasteiger partial charge in [-0.25, -0.2) is 8.42 Å². The third-order valence-electron chi connectivity index (χ3n) is 3.71. The zero-order chi connectivity index (χ0) is 18.9. The molecule has 0 fully saturated rings. The minimum absolute atomic E-state index is 0.0661. The van der Waals surface area contributed by atoms with Crippen LogP contribution >= 0.6 is 0 Å². The van der Waals surface area contributed by atoms with Crippen LogP contribution in [0.2, 0.25) is 0 Å². The third-order valence-corrected chi connectivity index (χ3v) is 5.22. The van der Waals surface area contributed by atoms with Crippen LogP contribution in [0.1, 0.15) is 27.6 Å². The molecule has 1 aliphatic carbocycles. The lowest BCUT2D eigenvalue weighted by Crippen LogP contribution is -2.22. The third kappa shape index (κ3) is 3.43. The lowest BCUT2D eigenvalue weighted by Gasteiger charge is -2.16. The van der Waals surface area contributed by atoms with Crippen LogP contribution in [-0.2, 0) is 10.0 Å². The molecule has 2 N–H and O–H groups in total. The van der Waals surface area contributed by atoms with Crippen molar-refractivity contribution in [1.29, 1.82) is 0 Å². The van der Waals surface area contributed by atoms with Crippen LogP contribution in [0.5, 0.6) is 0 Å². The Morgan fingerprint density at radius 2 is 1.58 bits per heavy atom. The minimum atomic E-state index is -3.68. The predicted molar refractivity (Wildman–Crippen MR) is 98.4 cm³/mol. The zero-order valence-corrected chi connectivity index (χ0v) is 14.8. The van der Waals surface area contributed by atoms with Crippen molar-refractivity contribution in [1.82, 2.24) is 4.72 Å². The summed E-state index contributed by atoms with van der Waals surface area (Å²) in [6.07, 6.45) is 1.25. The minimum Gasteiger partial charge on any atom is -0.352 e. The maximum Gasteiger partial charge on any atom is 0.261 e. The first kappa shape index (κ1) is 17.6. The van der Waals surface area contributed by atoms with Crippen LogP contribution in [-0.4, -0.2) is 20.0 Å². The van der Waals surface area contributed by atoms with E-state index in [0.717, 1.165) is 0 Å². The van der Waals surface area contributed by atoms with Crippen LogP contribution in [0.25, 0.3) is 0 Å². The van der Waals surface area contributed by atoms with E-state index in [1.54, 1.807) is 31.2 Å². The maximum absolute atomic E-state index is 12.5. The summed E-state index contributed by atoms with van der Waals surface area (Å²) in [6.45, 7) is 5.06. The molecule has 0 aliphatic heterocycles. The van der Waals surface area contributed by atoms with E-state index < -0.39 is 10.0 Å². The van der Waals surface area contributed by atoms with E-state index in [9.17, 15) is 18.0 Å². The highest BCUT2D eigenvalue weighted by atomic mass is 32.2. The molecule has 1 aliphatic rings. The molecule has 7 heteroatoms. The second-order valence-corrected chi connectivity index (χ2v) is 7.51. The van der Waals surface area contributed by atoms with Gasteiger partial charge < -0.3 is 5.32 Å². The van der Waals surface area contributed by atoms with Crippen molar-refractivity contribution >= 4 is 27.3 Å². The van der Waals surface area contributed by atoms with Crippen molar-refractivity contribution in [2.75, 3.05) is 5.32 Å². The van der Waals surface area contributed by atoms with Gasteiger partial charge >= 0.3 is 0 Å². The molecule has 0 saturated carbocycles. The highest BCUT2D eigenvalue weighted by molar-refractivity contribution is 7.89. The van der Waals surface area contributed by atoms with Crippen LogP contribution in [0.15, 0.2) is 77.5 Å². The van der Waals surface area contributed by atoms with Gasteiger partial charge in [0.15, 0.2) is 5.78 Å². The smallest absolute Gasteiger partial charge is 0.261 e. The number of carbonyl (C=O) groups is 2. The molecule has 6 nitrogen and oxygen atoms in total. The van der Waals surface area contributed by atoms with E-state index in [1.165, 1.54) is 30.3 Å². The van der Waals surface area contributed by atoms with Gasteiger partial charge in [-0.1, -0.05) is 30.8 Å². The van der Waals surface area contributed by atoms with Crippen LogP contribution < -0.4 is 10.0 Å². The molecule has 2 aromatic rings. The summed E-state index contributed by atoms with van der Waals surface area (Å²) >= 11 is 0. The molecule has 0 unspecified atom stereocenters. The molecule has 0 heterocycles. The molecule has 0 saturated heterocycles. The molecular weight excluding hydrogens is 352 g/mol. The summed E-state index contributed by atoms with van der Waals surface area (Å²) in [7, 11) is -3.68. The molecule has 0 aromatic heterocycles. The molecule has 0 radical (unpaired) electrons. The number of hydrogen-bond acceptors (Lipinski definition) is 5. The molecule has 0 atom stereocenters. The first-order valence-corrected chi connectivity index (χ1v) is 9.21. The van der Waals surface area contributed by atoms with E-state index in [4.69, 9.17) is 0 Å². The number of sulfonamides is 1. The Balaban J connectivity index is 1.83. The van der Waals surface area contributed by atoms with Crippen LogP contribution in [0.3, 0.4) is 0 Å². The van der Waals surface area contributed by atoms with Crippen molar-refractivity contribution in [3.8, 4) is 0 Å². The van der Waals surface area contributed by atoms with Crippen molar-refractivity contribution < 1.29 is 18.0 Å². The van der Waals surface area contributed by atoms with Gasteiger partial charge in [-0.2, -0.15) is 0 Å². The number of benzene rings is 2. The Labute approximate surface area is 151 Å². The number of nitrogens with one attached hydrogen (secondary N) is 2. The molecule has 0 spiro atoms. The summed E-state index contributed by atoms with van der Waals surface area (Å²) in [6, 6.07) is 12.4. The molecule has 3 rings (SSSR count). The highest BCUT2D eigenvalue weighted by Crippen LogP contribution is 2.23. The van der Waals surface area contributed by atoms with Crippen molar-refractivity contribution in [2.45, 2.75) is 11.8 Å². The van der Waals surface area contributed by atoms with Crippen molar-refractivity contribution in [3.05, 3.63) is 83.7 Å². The maximum atomic E-state index is 12.5. The van der Waals surface area contributed by atoms with E-state index in [-0.39, 0.29) is 22.2 Å². The van der Waals surface area contributed by atoms with Gasteiger partial charge in [0.05, 0.1) is 10.6 Å². The first-order chi connectivity index (χ1) is 12.3.